The summed E-state index contributed by atoms with van der Waals surface area (Å²) >= 11 is 0. The molecule has 114 valence electrons. The number of hydrogen-bond donors (Lipinski definition) is 2. The number of amides is 1. The van der Waals surface area contributed by atoms with E-state index in [1.165, 1.54) is 0 Å². The molecule has 0 spiro atoms. The van der Waals surface area contributed by atoms with E-state index < -0.39 is 0 Å². The van der Waals surface area contributed by atoms with E-state index in [1.807, 2.05) is 0 Å². The maximum Gasteiger partial charge on any atom is 0.249 e. The van der Waals surface area contributed by atoms with E-state index in [0.717, 1.165) is 19.3 Å². The van der Waals surface area contributed by atoms with Crippen molar-refractivity contribution in [3.8, 4) is 0 Å². The molecule has 1 heterocycles. The van der Waals surface area contributed by atoms with E-state index in [2.05, 4.69) is 39.9 Å². The Morgan fingerprint density at radius 2 is 1.84 bits per heavy atom. The van der Waals surface area contributed by atoms with Crippen LogP contribution in [0.15, 0.2) is 0 Å². The van der Waals surface area contributed by atoms with Crippen LogP contribution in [0.5, 0.6) is 0 Å². The molecule has 0 aromatic heterocycles. The van der Waals surface area contributed by atoms with Gasteiger partial charge >= 0.3 is 0 Å². The van der Waals surface area contributed by atoms with Gasteiger partial charge in [0.15, 0.2) is 0 Å². The molecule has 1 rings (SSSR count). The van der Waals surface area contributed by atoms with Crippen LogP contribution >= 0.6 is 12.4 Å². The third kappa shape index (κ3) is 6.59. The van der Waals surface area contributed by atoms with E-state index in [1.54, 1.807) is 0 Å². The minimum Gasteiger partial charge on any atom is -0.364 e. The predicted octanol–water partition coefficient (Wildman–Crippen LogP) is 2.25. The molecular weight excluding hydrogens is 264 g/mol. The van der Waals surface area contributed by atoms with Gasteiger partial charge in [0.1, 0.15) is 6.10 Å². The molecule has 1 saturated heterocycles. The number of nitrogens with one attached hydrogen (secondary N) is 1. The number of halogens is 1. The average molecular weight is 293 g/mol. The summed E-state index contributed by atoms with van der Waals surface area (Å²) in [5.41, 5.74) is 5.53. The molecule has 5 heteroatoms. The molecule has 0 unspecified atom stereocenters. The van der Waals surface area contributed by atoms with Crippen LogP contribution in [0.3, 0.4) is 0 Å². The lowest BCUT2D eigenvalue weighted by Gasteiger charge is -2.34. The van der Waals surface area contributed by atoms with E-state index in [4.69, 9.17) is 10.5 Å². The molecule has 0 aromatic rings. The summed E-state index contributed by atoms with van der Waals surface area (Å²) in [7, 11) is 0. The highest BCUT2D eigenvalue weighted by Gasteiger charge is 2.34. The maximum atomic E-state index is 12.1. The Morgan fingerprint density at radius 1 is 1.26 bits per heavy atom. The van der Waals surface area contributed by atoms with Gasteiger partial charge in [0, 0.05) is 12.1 Å². The van der Waals surface area contributed by atoms with Crippen LogP contribution in [-0.2, 0) is 9.53 Å². The van der Waals surface area contributed by atoms with Crippen molar-refractivity contribution >= 4 is 18.3 Å². The van der Waals surface area contributed by atoms with Crippen molar-refractivity contribution in [1.82, 2.24) is 5.32 Å². The summed E-state index contributed by atoms with van der Waals surface area (Å²) in [6, 6.07) is 0. The minimum atomic E-state index is -0.321. The quantitative estimate of drug-likeness (QED) is 0.835. The van der Waals surface area contributed by atoms with Gasteiger partial charge in [-0.2, -0.15) is 0 Å². The van der Waals surface area contributed by atoms with Gasteiger partial charge in [-0.15, -0.1) is 12.4 Å². The molecule has 4 nitrogen and oxygen atoms in total. The van der Waals surface area contributed by atoms with Crippen molar-refractivity contribution in [2.75, 3.05) is 6.54 Å². The Kier molecular flexibility index (Phi) is 6.79. The summed E-state index contributed by atoms with van der Waals surface area (Å²) in [6.07, 6.45) is 2.32. The first-order chi connectivity index (χ1) is 8.13. The Hall–Kier alpha value is -0.320. The smallest absolute Gasteiger partial charge is 0.249 e. The summed E-state index contributed by atoms with van der Waals surface area (Å²) in [5, 5.41) is 3.09. The van der Waals surface area contributed by atoms with Gasteiger partial charge in [0.2, 0.25) is 5.91 Å². The van der Waals surface area contributed by atoms with Crippen LogP contribution in [0.2, 0.25) is 0 Å². The largest absolute Gasteiger partial charge is 0.364 e. The van der Waals surface area contributed by atoms with Crippen LogP contribution in [0.25, 0.3) is 0 Å². The highest BCUT2D eigenvalue weighted by molar-refractivity contribution is 5.85. The van der Waals surface area contributed by atoms with Crippen LogP contribution in [0.4, 0.5) is 0 Å². The number of hydrogen-bond acceptors (Lipinski definition) is 3. The predicted molar refractivity (Wildman–Crippen MR) is 80.5 cm³/mol. The molecule has 2 atom stereocenters. The van der Waals surface area contributed by atoms with Gasteiger partial charge in [-0.05, 0) is 38.5 Å². The fraction of sp³-hybridized carbons (Fsp3) is 0.929. The van der Waals surface area contributed by atoms with Crippen molar-refractivity contribution in [2.24, 2.45) is 11.1 Å². The van der Waals surface area contributed by atoms with Crippen LogP contribution in [0, 0.1) is 5.41 Å². The zero-order valence-electron chi connectivity index (χ0n) is 12.8. The van der Waals surface area contributed by atoms with E-state index in [-0.39, 0.29) is 41.5 Å². The first-order valence-corrected chi connectivity index (χ1v) is 6.80. The third-order valence-electron chi connectivity index (χ3n) is 3.10. The minimum absolute atomic E-state index is 0. The second kappa shape index (κ2) is 6.91. The Morgan fingerprint density at radius 3 is 2.26 bits per heavy atom. The lowest BCUT2D eigenvalue weighted by molar-refractivity contribution is -0.133. The Balaban J connectivity index is 0.00000324. The van der Waals surface area contributed by atoms with Crippen molar-refractivity contribution in [3.05, 3.63) is 0 Å². The first-order valence-electron chi connectivity index (χ1n) is 6.80. The number of nitrogens with two attached hydrogens (primary N) is 1. The van der Waals surface area contributed by atoms with E-state index >= 15 is 0 Å². The summed E-state index contributed by atoms with van der Waals surface area (Å²) in [5.74, 6) is 0.000185. The van der Waals surface area contributed by atoms with Gasteiger partial charge in [-0.1, -0.05) is 20.8 Å². The van der Waals surface area contributed by atoms with Gasteiger partial charge in [-0.3, -0.25) is 4.79 Å². The summed E-state index contributed by atoms with van der Waals surface area (Å²) in [4.78, 5) is 12.1. The van der Waals surface area contributed by atoms with Crippen LogP contribution < -0.4 is 11.1 Å². The van der Waals surface area contributed by atoms with Crippen molar-refractivity contribution in [3.63, 3.8) is 0 Å². The molecular formula is C14H29ClN2O2. The molecule has 1 fully saturated rings. The Labute approximate surface area is 123 Å². The van der Waals surface area contributed by atoms with Gasteiger partial charge in [-0.25, -0.2) is 0 Å². The van der Waals surface area contributed by atoms with Gasteiger partial charge < -0.3 is 15.8 Å². The standard InChI is InChI=1S/C14H28N2O2.ClH/c1-13(2,3)9-14(4,5)16-12(17)11-7-6-10(8-15)18-11;/h10-11H,6-9,15H2,1-5H3,(H,16,17);1H/t10-,11+;/m1./s1. The highest BCUT2D eigenvalue weighted by Crippen LogP contribution is 2.27. The van der Waals surface area contributed by atoms with Crippen molar-refractivity contribution < 1.29 is 9.53 Å². The van der Waals surface area contributed by atoms with Crippen molar-refractivity contribution in [2.45, 2.75) is 71.6 Å². The third-order valence-corrected chi connectivity index (χ3v) is 3.10. The molecule has 0 aliphatic carbocycles. The van der Waals surface area contributed by atoms with Gasteiger partial charge in [0.05, 0.1) is 6.10 Å². The van der Waals surface area contributed by atoms with E-state index in [9.17, 15) is 4.79 Å². The lowest BCUT2D eigenvalue weighted by Crippen LogP contribution is -2.49. The van der Waals surface area contributed by atoms with Gasteiger partial charge in [0.25, 0.3) is 0 Å². The maximum absolute atomic E-state index is 12.1. The summed E-state index contributed by atoms with van der Waals surface area (Å²) in [6.45, 7) is 11.2. The topological polar surface area (TPSA) is 64.4 Å². The number of carbonyl (C=O) groups is 1. The zero-order valence-corrected chi connectivity index (χ0v) is 13.6. The average Bonchev–Trinajstić information content (AvgIpc) is 2.60. The second-order valence-electron chi connectivity index (χ2n) is 7.17. The normalized spacial score (nSPS) is 23.9. The molecule has 1 amide bonds. The van der Waals surface area contributed by atoms with E-state index in [0.29, 0.717) is 6.54 Å². The Bertz CT molecular complexity index is 300. The summed E-state index contributed by atoms with van der Waals surface area (Å²) < 4.78 is 5.61. The molecule has 0 radical (unpaired) electrons. The molecule has 1 aliphatic heterocycles. The fourth-order valence-electron chi connectivity index (χ4n) is 2.86. The fourth-order valence-corrected chi connectivity index (χ4v) is 2.86. The molecule has 3 N–H and O–H groups in total. The second-order valence-corrected chi connectivity index (χ2v) is 7.17. The zero-order chi connectivity index (χ0) is 14.0. The monoisotopic (exact) mass is 292 g/mol. The van der Waals surface area contributed by atoms with Crippen LogP contribution in [-0.4, -0.2) is 30.2 Å². The first kappa shape index (κ1) is 18.7. The van der Waals surface area contributed by atoms with Crippen LogP contribution in [0.1, 0.15) is 53.9 Å². The number of rotatable bonds is 4. The molecule has 0 saturated carbocycles. The number of ether oxygens (including phenoxy) is 1. The lowest BCUT2D eigenvalue weighted by atomic mass is 9.81. The number of carbonyl (C=O) groups excluding carboxylic acids is 1. The molecule has 0 bridgehead atoms. The molecule has 1 aliphatic rings. The molecule has 0 aromatic carbocycles. The molecule has 19 heavy (non-hydrogen) atoms. The SMILES string of the molecule is CC(C)(C)CC(C)(C)NC(=O)[C@@H]1CC[C@H](CN)O1.Cl. The van der Waals surface area contributed by atoms with Crippen molar-refractivity contribution in [1.29, 1.82) is 0 Å². The highest BCUT2D eigenvalue weighted by atomic mass is 35.5.